The Morgan fingerprint density at radius 3 is 2.03 bits per heavy atom. The Hall–Kier alpha value is -1.06. The quantitative estimate of drug-likeness (QED) is 0.412. The zero-order valence-corrected chi connectivity index (χ0v) is 22.1. The van der Waals surface area contributed by atoms with Crippen LogP contribution in [0.15, 0.2) is 0 Å². The van der Waals surface area contributed by atoms with Gasteiger partial charge in [-0.25, -0.2) is 0 Å². The average molecular weight is 451 g/mol. The molecule has 4 nitrogen and oxygen atoms in total. The molecule has 4 heteroatoms. The Bertz CT molecular complexity index is 618. The predicted octanol–water partition coefficient (Wildman–Crippen LogP) is 7.35. The molecule has 5 atom stereocenters. The van der Waals surface area contributed by atoms with Crippen LogP contribution >= 0.6 is 0 Å². The molecule has 0 amide bonds. The molecule has 0 aromatic carbocycles. The van der Waals surface area contributed by atoms with Crippen molar-refractivity contribution in [2.45, 2.75) is 119 Å². The van der Waals surface area contributed by atoms with Crippen molar-refractivity contribution in [3.05, 3.63) is 0 Å². The molecule has 186 valence electrons. The molecule has 0 radical (unpaired) electrons. The van der Waals surface area contributed by atoms with E-state index >= 15 is 0 Å². The van der Waals surface area contributed by atoms with Gasteiger partial charge >= 0.3 is 11.9 Å². The Morgan fingerprint density at radius 2 is 1.53 bits per heavy atom. The Morgan fingerprint density at radius 1 is 0.938 bits per heavy atom. The van der Waals surface area contributed by atoms with Gasteiger partial charge in [-0.2, -0.15) is 0 Å². The van der Waals surface area contributed by atoms with Crippen LogP contribution in [0.1, 0.15) is 113 Å². The van der Waals surface area contributed by atoms with E-state index in [1.165, 1.54) is 12.8 Å². The van der Waals surface area contributed by atoms with E-state index in [0.29, 0.717) is 36.0 Å². The third-order valence-corrected chi connectivity index (χ3v) is 8.12. The summed E-state index contributed by atoms with van der Waals surface area (Å²) in [7, 11) is 0. The van der Waals surface area contributed by atoms with E-state index < -0.39 is 17.8 Å². The molecule has 0 spiro atoms. The molecule has 0 heterocycles. The number of ether oxygens (including phenoxy) is 1. The molecule has 0 aromatic heterocycles. The molecule has 2 aliphatic carbocycles. The van der Waals surface area contributed by atoms with Crippen molar-refractivity contribution in [2.75, 3.05) is 0 Å². The number of hydrogen-bond acceptors (Lipinski definition) is 3. The second-order valence-corrected chi connectivity index (χ2v) is 13.5. The van der Waals surface area contributed by atoms with Crippen LogP contribution in [0.2, 0.25) is 0 Å². The SMILES string of the molecule is CC1CCC(C(=O)OC(CC(C)CC(C)(C)C)C2CCC(C(C)(C)C)CC2)C(C(=O)O)C1. The largest absolute Gasteiger partial charge is 0.481 e. The summed E-state index contributed by atoms with van der Waals surface area (Å²) in [5.41, 5.74) is 0.565. The molecule has 2 saturated carbocycles. The summed E-state index contributed by atoms with van der Waals surface area (Å²) in [5.74, 6) is -0.253. The van der Waals surface area contributed by atoms with Crippen LogP contribution in [0.5, 0.6) is 0 Å². The molecular formula is C28H50O4. The van der Waals surface area contributed by atoms with Crippen LogP contribution in [0.3, 0.4) is 0 Å². The lowest BCUT2D eigenvalue weighted by molar-refractivity contribution is -0.168. The Kier molecular flexibility index (Phi) is 9.27. The number of rotatable bonds is 7. The molecule has 32 heavy (non-hydrogen) atoms. The molecule has 1 N–H and O–H groups in total. The van der Waals surface area contributed by atoms with E-state index in [1.807, 2.05) is 0 Å². The van der Waals surface area contributed by atoms with Gasteiger partial charge in [-0.1, -0.05) is 55.4 Å². The van der Waals surface area contributed by atoms with Gasteiger partial charge in [0, 0.05) is 0 Å². The number of hydrogen-bond donors (Lipinski definition) is 1. The fourth-order valence-electron chi connectivity index (χ4n) is 6.39. The van der Waals surface area contributed by atoms with Gasteiger partial charge in [0.15, 0.2) is 0 Å². The van der Waals surface area contributed by atoms with E-state index in [1.54, 1.807) is 0 Å². The minimum Gasteiger partial charge on any atom is -0.481 e. The first-order valence-corrected chi connectivity index (χ1v) is 13.1. The Labute approximate surface area is 197 Å². The van der Waals surface area contributed by atoms with Gasteiger partial charge in [0.2, 0.25) is 0 Å². The number of esters is 1. The van der Waals surface area contributed by atoms with Crippen LogP contribution in [0, 0.1) is 46.3 Å². The number of carboxylic acids is 1. The van der Waals surface area contributed by atoms with Gasteiger partial charge < -0.3 is 9.84 Å². The zero-order chi connectivity index (χ0) is 24.3. The minimum absolute atomic E-state index is 0.0884. The second kappa shape index (κ2) is 10.9. The van der Waals surface area contributed by atoms with Gasteiger partial charge in [-0.05, 0) is 92.3 Å². The summed E-state index contributed by atoms with van der Waals surface area (Å²) < 4.78 is 6.25. The highest BCUT2D eigenvalue weighted by atomic mass is 16.5. The average Bonchev–Trinajstić information content (AvgIpc) is 2.65. The van der Waals surface area contributed by atoms with Crippen LogP contribution < -0.4 is 0 Å². The molecule has 2 aliphatic rings. The van der Waals surface area contributed by atoms with Crippen molar-refractivity contribution in [2.24, 2.45) is 46.3 Å². The maximum absolute atomic E-state index is 13.3. The van der Waals surface area contributed by atoms with Crippen molar-refractivity contribution in [3.63, 3.8) is 0 Å². The van der Waals surface area contributed by atoms with Crippen LogP contribution in [0.25, 0.3) is 0 Å². The van der Waals surface area contributed by atoms with Crippen molar-refractivity contribution in [1.29, 1.82) is 0 Å². The number of carbonyl (C=O) groups is 2. The lowest BCUT2D eigenvalue weighted by Crippen LogP contribution is -2.40. The monoisotopic (exact) mass is 450 g/mol. The summed E-state index contributed by atoms with van der Waals surface area (Å²) >= 11 is 0. The lowest BCUT2D eigenvalue weighted by Gasteiger charge is -2.40. The zero-order valence-electron chi connectivity index (χ0n) is 22.1. The second-order valence-electron chi connectivity index (χ2n) is 13.5. The van der Waals surface area contributed by atoms with E-state index in [4.69, 9.17) is 4.74 Å². The first-order valence-electron chi connectivity index (χ1n) is 13.1. The van der Waals surface area contributed by atoms with Crippen LogP contribution in [0.4, 0.5) is 0 Å². The third-order valence-electron chi connectivity index (χ3n) is 8.12. The van der Waals surface area contributed by atoms with Gasteiger partial charge in [0.05, 0.1) is 11.8 Å². The van der Waals surface area contributed by atoms with Crippen molar-refractivity contribution < 1.29 is 19.4 Å². The normalized spacial score (nSPS) is 31.6. The topological polar surface area (TPSA) is 63.6 Å². The van der Waals surface area contributed by atoms with Crippen molar-refractivity contribution >= 4 is 11.9 Å². The lowest BCUT2D eigenvalue weighted by atomic mass is 9.68. The number of aliphatic carboxylic acids is 1. The van der Waals surface area contributed by atoms with E-state index in [9.17, 15) is 14.7 Å². The fraction of sp³-hybridized carbons (Fsp3) is 0.929. The molecule has 0 bridgehead atoms. The van der Waals surface area contributed by atoms with Gasteiger partial charge in [0.25, 0.3) is 0 Å². The molecule has 2 fully saturated rings. The molecule has 0 aromatic rings. The highest BCUT2D eigenvalue weighted by molar-refractivity contribution is 5.81. The van der Waals surface area contributed by atoms with Crippen molar-refractivity contribution in [3.8, 4) is 0 Å². The van der Waals surface area contributed by atoms with Gasteiger partial charge in [-0.3, -0.25) is 9.59 Å². The van der Waals surface area contributed by atoms with E-state index in [-0.39, 0.29) is 17.5 Å². The predicted molar refractivity (Wildman–Crippen MR) is 130 cm³/mol. The van der Waals surface area contributed by atoms with E-state index in [2.05, 4.69) is 55.4 Å². The van der Waals surface area contributed by atoms with Crippen molar-refractivity contribution in [1.82, 2.24) is 0 Å². The van der Waals surface area contributed by atoms with Gasteiger partial charge in [0.1, 0.15) is 6.10 Å². The first-order chi connectivity index (χ1) is 14.7. The maximum Gasteiger partial charge on any atom is 0.310 e. The highest BCUT2D eigenvalue weighted by Crippen LogP contribution is 2.43. The van der Waals surface area contributed by atoms with Gasteiger partial charge in [-0.15, -0.1) is 0 Å². The molecule has 5 unspecified atom stereocenters. The number of carboxylic acid groups (broad SMARTS) is 1. The minimum atomic E-state index is -0.846. The summed E-state index contributed by atoms with van der Waals surface area (Å²) in [6.07, 6.45) is 8.60. The molecular weight excluding hydrogens is 400 g/mol. The number of carbonyl (C=O) groups excluding carboxylic acids is 1. The highest BCUT2D eigenvalue weighted by Gasteiger charge is 2.41. The molecule has 2 rings (SSSR count). The van der Waals surface area contributed by atoms with Crippen LogP contribution in [-0.2, 0) is 14.3 Å². The smallest absolute Gasteiger partial charge is 0.310 e. The fourth-order valence-corrected chi connectivity index (χ4v) is 6.39. The summed E-state index contributed by atoms with van der Waals surface area (Å²) in [6.45, 7) is 18.1. The standard InChI is InChI=1S/C28H50O4/c1-18-9-14-22(23(15-18)25(29)30)26(31)32-24(16-19(2)17-27(3,4)5)20-10-12-21(13-11-20)28(6,7)8/h18-24H,9-17H2,1-8H3,(H,29,30). The summed E-state index contributed by atoms with van der Waals surface area (Å²) in [5, 5.41) is 9.73. The molecule has 0 aliphatic heterocycles. The van der Waals surface area contributed by atoms with Crippen LogP contribution in [-0.4, -0.2) is 23.1 Å². The summed E-state index contributed by atoms with van der Waals surface area (Å²) in [4.78, 5) is 25.1. The Balaban J connectivity index is 2.11. The summed E-state index contributed by atoms with van der Waals surface area (Å²) in [6, 6.07) is 0. The van der Waals surface area contributed by atoms with E-state index in [0.717, 1.165) is 38.0 Å². The first kappa shape index (κ1) is 27.2. The third kappa shape index (κ3) is 8.06. The maximum atomic E-state index is 13.3. The molecule has 0 saturated heterocycles.